The molecule has 1 aliphatic carbocycles. The van der Waals surface area contributed by atoms with Crippen LogP contribution in [0.15, 0.2) is 47.7 Å². The van der Waals surface area contributed by atoms with E-state index in [1.165, 1.54) is 27.8 Å². The normalized spacial score (nSPS) is 21.1. The van der Waals surface area contributed by atoms with E-state index in [0.717, 1.165) is 37.1 Å². The number of aromatic nitrogens is 1. The second-order valence-electron chi connectivity index (χ2n) is 10.7. The van der Waals surface area contributed by atoms with Gasteiger partial charge in [-0.3, -0.25) is 4.90 Å². The number of nitrogens with one attached hydrogen (secondary N) is 1. The molecule has 2 heterocycles. The number of nitrogens with zero attached hydrogens (tertiary/aromatic N) is 4. The van der Waals surface area contributed by atoms with Gasteiger partial charge in [-0.2, -0.15) is 5.26 Å². The number of nitriles is 1. The Morgan fingerprint density at radius 2 is 2.14 bits per heavy atom. The summed E-state index contributed by atoms with van der Waals surface area (Å²) in [6.45, 7) is 14.8. The van der Waals surface area contributed by atoms with E-state index < -0.39 is 0 Å². The number of piperazine rings is 1. The van der Waals surface area contributed by atoms with E-state index in [2.05, 4.69) is 65.7 Å². The van der Waals surface area contributed by atoms with E-state index in [9.17, 15) is 0 Å². The first-order chi connectivity index (χ1) is 17.1. The van der Waals surface area contributed by atoms with Crippen LogP contribution in [0.2, 0.25) is 5.31 Å². The van der Waals surface area contributed by atoms with Gasteiger partial charge >= 0.3 is 0 Å². The highest BCUT2D eigenvalue weighted by atomic mass is 15.2. The largest absolute Gasteiger partial charge is 0.404 e. The summed E-state index contributed by atoms with van der Waals surface area (Å²) in [6.07, 6.45) is 7.03. The van der Waals surface area contributed by atoms with Crippen molar-refractivity contribution in [3.05, 3.63) is 76.1 Å². The molecule has 3 N–H and O–H groups in total. The zero-order chi connectivity index (χ0) is 26.0. The number of aliphatic imine (C=N–C) groups is 1. The minimum atomic E-state index is -0.388. The van der Waals surface area contributed by atoms with Crippen molar-refractivity contribution in [3.8, 4) is 6.07 Å². The first-order valence-corrected chi connectivity index (χ1v) is 12.5. The summed E-state index contributed by atoms with van der Waals surface area (Å²) in [5, 5.41) is 12.6. The van der Waals surface area contributed by atoms with Crippen molar-refractivity contribution in [1.82, 2.24) is 15.2 Å². The molecule has 1 fully saturated rings. The molecule has 4 rings (SSSR count). The van der Waals surface area contributed by atoms with Crippen molar-refractivity contribution >= 4 is 25.5 Å². The Bertz CT molecular complexity index is 1260. The second-order valence-corrected chi connectivity index (χ2v) is 10.7. The number of pyridine rings is 1. The van der Waals surface area contributed by atoms with Gasteiger partial charge in [0.1, 0.15) is 6.07 Å². The molecule has 0 amide bonds. The molecule has 0 saturated carbocycles. The number of hydrogen-bond donors (Lipinski definition) is 2. The molecule has 1 aromatic carbocycles. The highest BCUT2D eigenvalue weighted by Gasteiger charge is 2.35. The number of fused-ring (bicyclic) bond motifs is 1. The van der Waals surface area contributed by atoms with Crippen LogP contribution in [0, 0.1) is 25.2 Å². The molecule has 0 spiro atoms. The summed E-state index contributed by atoms with van der Waals surface area (Å²) in [5.41, 5.74) is 15.0. The fraction of sp³-hybridized carbons (Fsp3) is 0.414. The van der Waals surface area contributed by atoms with Gasteiger partial charge in [-0.05, 0) is 77.9 Å². The standard InChI is InChI=1S/C29H35BN6/c1-18-6-7-24-20(3)25(9-8-23(18)24)26-16-36(17-27(35-26)29(4,5)30)15-21(11-31)13-33-28-10-19(2)22(12-32)14-34-28/h8-11,13-14,26-27,35H,1,6-7,15-17,31H2,2-5H3. The molecule has 7 heteroatoms. The third kappa shape index (κ3) is 5.45. The van der Waals surface area contributed by atoms with Gasteiger partial charge in [0.25, 0.3) is 0 Å². The smallest absolute Gasteiger partial charge is 0.152 e. The van der Waals surface area contributed by atoms with Gasteiger partial charge in [-0.25, -0.2) is 9.98 Å². The van der Waals surface area contributed by atoms with Crippen LogP contribution in [0.25, 0.3) is 5.57 Å². The molecule has 36 heavy (non-hydrogen) atoms. The van der Waals surface area contributed by atoms with Gasteiger partial charge in [-0.15, -0.1) is 0 Å². The molecule has 1 saturated heterocycles. The maximum atomic E-state index is 9.13. The van der Waals surface area contributed by atoms with Crippen LogP contribution in [0.4, 0.5) is 5.82 Å². The Kier molecular flexibility index (Phi) is 7.49. The third-order valence-electron chi connectivity index (χ3n) is 7.46. The summed E-state index contributed by atoms with van der Waals surface area (Å²) in [4.78, 5) is 11.2. The van der Waals surface area contributed by atoms with Crippen LogP contribution in [0.3, 0.4) is 0 Å². The van der Waals surface area contributed by atoms with Crippen LogP contribution in [-0.4, -0.2) is 49.6 Å². The number of aryl methyl sites for hydroxylation is 1. The van der Waals surface area contributed by atoms with Crippen LogP contribution < -0.4 is 11.1 Å². The molecule has 2 aromatic rings. The first kappa shape index (κ1) is 25.9. The summed E-state index contributed by atoms with van der Waals surface area (Å²) in [6, 6.07) is 8.70. The van der Waals surface area contributed by atoms with Gasteiger partial charge in [0, 0.05) is 44.1 Å². The lowest BCUT2D eigenvalue weighted by molar-refractivity contribution is 0.154. The van der Waals surface area contributed by atoms with Gasteiger partial charge in [0.2, 0.25) is 0 Å². The van der Waals surface area contributed by atoms with E-state index in [-0.39, 0.29) is 17.4 Å². The lowest BCUT2D eigenvalue weighted by Gasteiger charge is -2.45. The second kappa shape index (κ2) is 10.4. The van der Waals surface area contributed by atoms with Crippen molar-refractivity contribution in [2.75, 3.05) is 19.6 Å². The highest BCUT2D eigenvalue weighted by molar-refractivity contribution is 6.15. The molecule has 2 atom stereocenters. The fourth-order valence-electron chi connectivity index (χ4n) is 5.20. The number of allylic oxidation sites excluding steroid dienone is 1. The molecular formula is C29H35BN6. The average molecular weight is 478 g/mol. The van der Waals surface area contributed by atoms with Gasteiger partial charge < -0.3 is 11.1 Å². The zero-order valence-corrected chi connectivity index (χ0v) is 21.8. The van der Waals surface area contributed by atoms with Crippen LogP contribution in [0.5, 0.6) is 0 Å². The Morgan fingerprint density at radius 3 is 2.81 bits per heavy atom. The molecule has 184 valence electrons. The first-order valence-electron chi connectivity index (χ1n) is 12.5. The van der Waals surface area contributed by atoms with Crippen molar-refractivity contribution < 1.29 is 0 Å². The molecule has 6 nitrogen and oxygen atoms in total. The topological polar surface area (TPSA) is 90.3 Å². The van der Waals surface area contributed by atoms with Crippen LogP contribution >= 0.6 is 0 Å². The Morgan fingerprint density at radius 1 is 1.36 bits per heavy atom. The number of nitrogens with two attached hydrogens (primary N) is 1. The van der Waals surface area contributed by atoms with Gasteiger partial charge in [0.05, 0.1) is 13.4 Å². The predicted octanol–water partition coefficient (Wildman–Crippen LogP) is 4.46. The molecule has 2 radical (unpaired) electrons. The minimum absolute atomic E-state index is 0.109. The van der Waals surface area contributed by atoms with Crippen LogP contribution in [0.1, 0.15) is 59.7 Å². The quantitative estimate of drug-likeness (QED) is 0.473. The van der Waals surface area contributed by atoms with Gasteiger partial charge in [0.15, 0.2) is 5.82 Å². The summed E-state index contributed by atoms with van der Waals surface area (Å²) < 4.78 is 0. The van der Waals surface area contributed by atoms with E-state index in [0.29, 0.717) is 17.9 Å². The summed E-state index contributed by atoms with van der Waals surface area (Å²) in [5.74, 6) is 0.556. The molecule has 1 aromatic heterocycles. The minimum Gasteiger partial charge on any atom is -0.404 e. The Balaban J connectivity index is 1.55. The molecule has 2 aliphatic rings. The average Bonchev–Trinajstić information content (AvgIpc) is 3.22. The number of hydrogen-bond acceptors (Lipinski definition) is 6. The molecule has 2 unspecified atom stereocenters. The third-order valence-corrected chi connectivity index (χ3v) is 7.46. The zero-order valence-electron chi connectivity index (χ0n) is 21.8. The lowest BCUT2D eigenvalue weighted by atomic mass is 9.66. The maximum Gasteiger partial charge on any atom is 0.152 e. The van der Waals surface area contributed by atoms with Crippen molar-refractivity contribution in [3.63, 3.8) is 0 Å². The maximum absolute atomic E-state index is 9.13. The fourth-order valence-corrected chi connectivity index (χ4v) is 5.20. The van der Waals surface area contributed by atoms with E-state index in [1.54, 1.807) is 18.6 Å². The Hall–Kier alpha value is -3.21. The van der Waals surface area contributed by atoms with E-state index in [1.807, 2.05) is 13.0 Å². The van der Waals surface area contributed by atoms with Gasteiger partial charge in [-0.1, -0.05) is 37.9 Å². The molecule has 1 aliphatic heterocycles. The van der Waals surface area contributed by atoms with Crippen molar-refractivity contribution in [2.45, 2.75) is 57.9 Å². The molecule has 0 bridgehead atoms. The number of rotatable bonds is 6. The highest BCUT2D eigenvalue weighted by Crippen LogP contribution is 2.38. The Labute approximate surface area is 216 Å². The van der Waals surface area contributed by atoms with Crippen molar-refractivity contribution in [2.24, 2.45) is 10.7 Å². The molecular weight excluding hydrogens is 443 g/mol. The van der Waals surface area contributed by atoms with E-state index >= 15 is 0 Å². The van der Waals surface area contributed by atoms with Crippen molar-refractivity contribution in [1.29, 1.82) is 5.26 Å². The SMILES string of the molecule is [B]C(C)(C)C1CN(CC(C=Nc2cc(C)c(C#N)cn2)=CN)CC(c2ccc3c(c2C)CCC3=C)N1. The van der Waals surface area contributed by atoms with Crippen LogP contribution in [-0.2, 0) is 6.42 Å². The summed E-state index contributed by atoms with van der Waals surface area (Å²) >= 11 is 0. The number of benzene rings is 1. The summed E-state index contributed by atoms with van der Waals surface area (Å²) in [7, 11) is 6.60. The monoisotopic (exact) mass is 478 g/mol. The predicted molar refractivity (Wildman–Crippen MR) is 149 cm³/mol. The van der Waals surface area contributed by atoms with E-state index in [4.69, 9.17) is 18.8 Å². The lowest BCUT2D eigenvalue weighted by Crippen LogP contribution is -2.56.